The van der Waals surface area contributed by atoms with Gasteiger partial charge in [0, 0.05) is 5.69 Å². The Morgan fingerprint density at radius 3 is 2.39 bits per heavy atom. The van der Waals surface area contributed by atoms with Crippen LogP contribution in [0.25, 0.3) is 0 Å². The number of rotatable bonds is 6. The van der Waals surface area contributed by atoms with Crippen molar-refractivity contribution in [3.05, 3.63) is 30.3 Å². The number of ketones is 1. The molecule has 1 amide bonds. The lowest BCUT2D eigenvalue weighted by atomic mass is 9.94. The molecule has 98 valence electrons. The highest BCUT2D eigenvalue weighted by Gasteiger charge is 2.30. The number of amides is 1. The van der Waals surface area contributed by atoms with E-state index in [1.54, 1.807) is 24.3 Å². The first kappa shape index (κ1) is 14.4. The van der Waals surface area contributed by atoms with E-state index in [4.69, 9.17) is 0 Å². The van der Waals surface area contributed by atoms with Crippen molar-refractivity contribution in [2.45, 2.75) is 32.8 Å². The zero-order valence-corrected chi connectivity index (χ0v) is 10.7. The molecule has 1 rings (SSSR count). The van der Waals surface area contributed by atoms with Crippen LogP contribution in [0.2, 0.25) is 0 Å². The van der Waals surface area contributed by atoms with Gasteiger partial charge >= 0.3 is 0 Å². The predicted octanol–water partition coefficient (Wildman–Crippen LogP) is 1.99. The Bertz CT molecular complexity index is 403. The minimum atomic E-state index is -0.995. The van der Waals surface area contributed by atoms with Crippen molar-refractivity contribution < 1.29 is 14.7 Å². The van der Waals surface area contributed by atoms with Gasteiger partial charge in [-0.2, -0.15) is 0 Å². The lowest BCUT2D eigenvalue weighted by Crippen LogP contribution is -2.37. The van der Waals surface area contributed by atoms with Crippen molar-refractivity contribution in [1.82, 2.24) is 0 Å². The molecule has 0 fully saturated rings. The van der Waals surface area contributed by atoms with Crippen molar-refractivity contribution in [2.24, 2.45) is 5.92 Å². The molecule has 1 aromatic rings. The van der Waals surface area contributed by atoms with Crippen LogP contribution >= 0.6 is 0 Å². The fourth-order valence-corrected chi connectivity index (χ4v) is 1.83. The van der Waals surface area contributed by atoms with E-state index in [9.17, 15) is 14.7 Å². The molecule has 0 saturated carbocycles. The highest BCUT2D eigenvalue weighted by atomic mass is 16.3. The van der Waals surface area contributed by atoms with E-state index in [1.807, 2.05) is 13.0 Å². The first-order valence-electron chi connectivity index (χ1n) is 6.10. The number of anilines is 1. The second kappa shape index (κ2) is 6.91. The molecule has 0 aliphatic carbocycles. The summed E-state index contributed by atoms with van der Waals surface area (Å²) in [5, 5.41) is 12.5. The first-order chi connectivity index (χ1) is 8.56. The summed E-state index contributed by atoms with van der Waals surface area (Å²) in [5.41, 5.74) is 0.623. The van der Waals surface area contributed by atoms with Crippen LogP contribution in [0.3, 0.4) is 0 Å². The highest BCUT2D eigenvalue weighted by Crippen LogP contribution is 2.15. The number of carbonyl (C=O) groups excluding carboxylic acids is 2. The largest absolute Gasteiger partial charge is 0.392 e. The molecule has 0 aromatic heterocycles. The molecule has 0 aliphatic heterocycles. The molecule has 0 saturated heterocycles. The maximum atomic E-state index is 12.0. The third kappa shape index (κ3) is 3.96. The molecule has 0 aliphatic rings. The number of benzene rings is 1. The molecule has 0 heterocycles. The molecule has 2 unspecified atom stereocenters. The molecule has 2 atom stereocenters. The molecule has 4 heteroatoms. The van der Waals surface area contributed by atoms with Crippen molar-refractivity contribution in [2.75, 3.05) is 5.32 Å². The Kier molecular flexibility index (Phi) is 5.52. The minimum Gasteiger partial charge on any atom is -0.392 e. The average Bonchev–Trinajstić information content (AvgIpc) is 2.30. The molecule has 2 N–H and O–H groups in total. The van der Waals surface area contributed by atoms with E-state index in [0.717, 1.165) is 6.42 Å². The Balaban J connectivity index is 2.75. The number of hydrogen-bond donors (Lipinski definition) is 2. The summed E-state index contributed by atoms with van der Waals surface area (Å²) in [6, 6.07) is 8.90. The number of hydrogen-bond acceptors (Lipinski definition) is 3. The van der Waals surface area contributed by atoms with Crippen LogP contribution in [-0.4, -0.2) is 22.9 Å². The Labute approximate surface area is 107 Å². The second-order valence-electron chi connectivity index (χ2n) is 4.30. The number of Topliss-reactive ketones (excluding diaryl/α,β-unsaturated/α-hetero) is 1. The van der Waals surface area contributed by atoms with Gasteiger partial charge in [-0.3, -0.25) is 9.59 Å². The maximum absolute atomic E-state index is 12.0. The zero-order valence-electron chi connectivity index (χ0n) is 10.7. The lowest BCUT2D eigenvalue weighted by molar-refractivity contribution is -0.134. The summed E-state index contributed by atoms with van der Waals surface area (Å²) in [6.45, 7) is 3.23. The van der Waals surface area contributed by atoms with E-state index in [-0.39, 0.29) is 5.78 Å². The first-order valence-corrected chi connectivity index (χ1v) is 6.10. The lowest BCUT2D eigenvalue weighted by Gasteiger charge is -2.19. The standard InChI is InChI=1S/C14H19NO3/c1-3-7-12(17)13(10(2)16)14(18)15-11-8-5-4-6-9-11/h4-6,8-9,12-13,17H,3,7H2,1-2H3,(H,15,18). The molecule has 0 radical (unpaired) electrons. The van der Waals surface area contributed by atoms with E-state index in [1.165, 1.54) is 6.92 Å². The highest BCUT2D eigenvalue weighted by molar-refractivity contribution is 6.06. The van der Waals surface area contributed by atoms with Crippen molar-refractivity contribution in [3.63, 3.8) is 0 Å². The van der Waals surface area contributed by atoms with Gasteiger partial charge in [0.1, 0.15) is 11.7 Å². The van der Waals surface area contributed by atoms with Crippen molar-refractivity contribution in [3.8, 4) is 0 Å². The predicted molar refractivity (Wildman–Crippen MR) is 70.2 cm³/mol. The maximum Gasteiger partial charge on any atom is 0.237 e. The van der Waals surface area contributed by atoms with E-state index in [0.29, 0.717) is 12.1 Å². The van der Waals surface area contributed by atoms with Crippen LogP contribution in [0.15, 0.2) is 30.3 Å². The van der Waals surface area contributed by atoms with Gasteiger partial charge in [-0.1, -0.05) is 31.5 Å². The number of nitrogens with one attached hydrogen (secondary N) is 1. The Morgan fingerprint density at radius 1 is 1.28 bits per heavy atom. The van der Waals surface area contributed by atoms with Gasteiger partial charge in [0.05, 0.1) is 6.10 Å². The van der Waals surface area contributed by atoms with Crippen LogP contribution in [0.1, 0.15) is 26.7 Å². The minimum absolute atomic E-state index is 0.315. The Hall–Kier alpha value is -1.68. The fourth-order valence-electron chi connectivity index (χ4n) is 1.83. The number of para-hydroxylation sites is 1. The summed E-state index contributed by atoms with van der Waals surface area (Å²) < 4.78 is 0. The smallest absolute Gasteiger partial charge is 0.237 e. The van der Waals surface area contributed by atoms with Gasteiger partial charge in [0.15, 0.2) is 0 Å². The summed E-state index contributed by atoms with van der Waals surface area (Å²) in [5.74, 6) is -1.76. The fraction of sp³-hybridized carbons (Fsp3) is 0.429. The van der Waals surface area contributed by atoms with Crippen molar-refractivity contribution in [1.29, 1.82) is 0 Å². The average molecular weight is 249 g/mol. The summed E-state index contributed by atoms with van der Waals surface area (Å²) in [6.07, 6.45) is 0.243. The van der Waals surface area contributed by atoms with Crippen LogP contribution in [0, 0.1) is 5.92 Å². The molecule has 4 nitrogen and oxygen atoms in total. The third-order valence-electron chi connectivity index (χ3n) is 2.73. The molecular weight excluding hydrogens is 230 g/mol. The van der Waals surface area contributed by atoms with Crippen LogP contribution in [0.4, 0.5) is 5.69 Å². The topological polar surface area (TPSA) is 66.4 Å². The monoisotopic (exact) mass is 249 g/mol. The molecule has 0 spiro atoms. The van der Waals surface area contributed by atoms with Gasteiger partial charge in [0.25, 0.3) is 0 Å². The van der Waals surface area contributed by atoms with Gasteiger partial charge in [-0.25, -0.2) is 0 Å². The summed E-state index contributed by atoms with van der Waals surface area (Å²) >= 11 is 0. The van der Waals surface area contributed by atoms with Gasteiger partial charge < -0.3 is 10.4 Å². The number of carbonyl (C=O) groups is 2. The molecular formula is C14H19NO3. The van der Waals surface area contributed by atoms with E-state index < -0.39 is 17.9 Å². The number of aliphatic hydroxyl groups excluding tert-OH is 1. The number of aliphatic hydroxyl groups is 1. The normalized spacial score (nSPS) is 13.7. The van der Waals surface area contributed by atoms with Crippen LogP contribution in [0.5, 0.6) is 0 Å². The van der Waals surface area contributed by atoms with Gasteiger partial charge in [0.2, 0.25) is 5.91 Å². The van der Waals surface area contributed by atoms with E-state index in [2.05, 4.69) is 5.32 Å². The molecule has 1 aromatic carbocycles. The van der Waals surface area contributed by atoms with Gasteiger partial charge in [-0.05, 0) is 25.5 Å². The summed E-state index contributed by atoms with van der Waals surface area (Å²) in [7, 11) is 0. The second-order valence-corrected chi connectivity index (χ2v) is 4.30. The zero-order chi connectivity index (χ0) is 13.5. The molecule has 18 heavy (non-hydrogen) atoms. The SMILES string of the molecule is CCCC(O)C(C(C)=O)C(=O)Nc1ccccc1. The van der Waals surface area contributed by atoms with Crippen molar-refractivity contribution >= 4 is 17.4 Å². The summed E-state index contributed by atoms with van der Waals surface area (Å²) in [4.78, 5) is 23.4. The van der Waals surface area contributed by atoms with Crippen LogP contribution in [-0.2, 0) is 9.59 Å². The van der Waals surface area contributed by atoms with E-state index >= 15 is 0 Å². The quantitative estimate of drug-likeness (QED) is 0.758. The molecule has 0 bridgehead atoms. The van der Waals surface area contributed by atoms with Crippen LogP contribution < -0.4 is 5.32 Å². The third-order valence-corrected chi connectivity index (χ3v) is 2.73. The Morgan fingerprint density at radius 2 is 1.89 bits per heavy atom. The van der Waals surface area contributed by atoms with Gasteiger partial charge in [-0.15, -0.1) is 0 Å².